The molecule has 4 rings (SSSR count). The van der Waals surface area contributed by atoms with Crippen molar-refractivity contribution in [3.63, 3.8) is 0 Å². The quantitative estimate of drug-likeness (QED) is 0.471. The fourth-order valence-electron chi connectivity index (χ4n) is 2.95. The lowest BCUT2D eigenvalue weighted by Crippen LogP contribution is -2.25. The molecule has 29 heavy (non-hydrogen) atoms. The van der Waals surface area contributed by atoms with Gasteiger partial charge in [0.2, 0.25) is 0 Å². The fourth-order valence-corrected chi connectivity index (χ4v) is 3.03. The third kappa shape index (κ3) is 3.73. The average Bonchev–Trinajstić information content (AvgIpc) is 3.36. The largest absolute Gasteiger partial charge is 0.442 e. The first kappa shape index (κ1) is 18.8. The number of rotatable bonds is 5. The average molecular weight is 414 g/mol. The number of cyclic esters (lactones) is 1. The highest BCUT2D eigenvalue weighted by molar-refractivity contribution is 7.78. The molecule has 1 atom stereocenters. The molecule has 3 aromatic rings. The summed E-state index contributed by atoms with van der Waals surface area (Å²) in [5.74, 6) is -1.21. The lowest BCUT2D eigenvalue weighted by molar-refractivity contribution is 0.145. The van der Waals surface area contributed by atoms with Crippen molar-refractivity contribution in [1.29, 1.82) is 0 Å². The van der Waals surface area contributed by atoms with Crippen LogP contribution in [0.1, 0.15) is 0 Å². The van der Waals surface area contributed by atoms with Gasteiger partial charge in [-0.1, -0.05) is 0 Å². The number of pyridine rings is 1. The Balaban J connectivity index is 1.61. The summed E-state index contributed by atoms with van der Waals surface area (Å²) in [5.41, 5.74) is 0.0446. The predicted octanol–water partition coefficient (Wildman–Crippen LogP) is 3.04. The Labute approximate surface area is 168 Å². The van der Waals surface area contributed by atoms with Crippen molar-refractivity contribution in [3.05, 3.63) is 54.8 Å². The van der Waals surface area contributed by atoms with Crippen LogP contribution in [-0.4, -0.2) is 50.2 Å². The molecule has 1 saturated heterocycles. The van der Waals surface area contributed by atoms with Crippen molar-refractivity contribution in [2.75, 3.05) is 18.0 Å². The topological polar surface area (TPSA) is 85.5 Å². The summed E-state index contributed by atoms with van der Waals surface area (Å²) in [7, 11) is 0. The molecular weight excluding hydrogens is 402 g/mol. The van der Waals surface area contributed by atoms with Crippen molar-refractivity contribution in [3.8, 4) is 16.9 Å². The summed E-state index contributed by atoms with van der Waals surface area (Å²) in [6, 6.07) is 5.25. The van der Waals surface area contributed by atoms with Gasteiger partial charge in [0.1, 0.15) is 30.4 Å². The van der Waals surface area contributed by atoms with Gasteiger partial charge < -0.3 is 4.74 Å². The summed E-state index contributed by atoms with van der Waals surface area (Å²) in [6.07, 6.45) is 2.88. The highest BCUT2D eigenvalue weighted by atomic mass is 32.1. The van der Waals surface area contributed by atoms with E-state index in [2.05, 4.69) is 37.4 Å². The van der Waals surface area contributed by atoms with E-state index in [0.717, 1.165) is 17.0 Å². The maximum atomic E-state index is 14.7. The Morgan fingerprint density at radius 2 is 2.10 bits per heavy atom. The molecule has 1 unspecified atom stereocenters. The van der Waals surface area contributed by atoms with E-state index in [1.807, 2.05) is 0 Å². The number of amides is 1. The van der Waals surface area contributed by atoms with Crippen LogP contribution in [0.2, 0.25) is 0 Å². The zero-order valence-corrected chi connectivity index (χ0v) is 15.5. The van der Waals surface area contributed by atoms with E-state index < -0.39 is 23.8 Å². The van der Waals surface area contributed by atoms with Crippen molar-refractivity contribution in [2.24, 2.45) is 4.99 Å². The van der Waals surface area contributed by atoms with Crippen LogP contribution >= 0.6 is 12.2 Å². The second-order valence-electron chi connectivity index (χ2n) is 6.08. The third-order valence-electron chi connectivity index (χ3n) is 4.26. The maximum Gasteiger partial charge on any atom is 0.414 e. The maximum absolute atomic E-state index is 14.7. The highest BCUT2D eigenvalue weighted by Gasteiger charge is 2.33. The molecule has 1 aliphatic heterocycles. The van der Waals surface area contributed by atoms with Crippen LogP contribution in [0.25, 0.3) is 16.9 Å². The standard InChI is InChI=1S/C18H12F2N6O2S/c19-14-3-12(25-7-13(6-21-10-29)28-18(25)27)4-15(20)17(14)11-1-2-16(23-5-11)26-9-22-8-24-26/h1-5,8-9,13H,6-7H2. The van der Waals surface area contributed by atoms with Crippen molar-refractivity contribution >= 4 is 29.2 Å². The minimum Gasteiger partial charge on any atom is -0.442 e. The number of halogens is 2. The molecule has 1 aromatic carbocycles. The fraction of sp³-hybridized carbons (Fsp3) is 0.167. The van der Waals surface area contributed by atoms with Gasteiger partial charge in [-0.15, -0.1) is 0 Å². The van der Waals surface area contributed by atoms with E-state index >= 15 is 0 Å². The SMILES string of the molecule is O=C1OC(CN=C=S)CN1c1cc(F)c(-c2ccc(-n3cncn3)nc2)c(F)c1. The molecule has 0 bridgehead atoms. The molecule has 0 aliphatic carbocycles. The molecule has 0 N–H and O–H groups in total. The lowest BCUT2D eigenvalue weighted by Gasteiger charge is -2.15. The molecule has 2 aromatic heterocycles. The molecule has 0 spiro atoms. The monoisotopic (exact) mass is 414 g/mol. The molecule has 0 radical (unpaired) electrons. The number of anilines is 1. The van der Waals surface area contributed by atoms with Gasteiger partial charge in [0, 0.05) is 11.8 Å². The first-order valence-corrected chi connectivity index (χ1v) is 8.80. The number of hydrogen-bond donors (Lipinski definition) is 0. The normalized spacial score (nSPS) is 15.9. The van der Waals surface area contributed by atoms with E-state index in [9.17, 15) is 13.6 Å². The molecule has 1 aliphatic rings. The first-order chi connectivity index (χ1) is 14.1. The van der Waals surface area contributed by atoms with Gasteiger partial charge in [0.25, 0.3) is 0 Å². The van der Waals surface area contributed by atoms with E-state index in [1.165, 1.54) is 29.6 Å². The van der Waals surface area contributed by atoms with Gasteiger partial charge in [0.05, 0.1) is 29.5 Å². The molecule has 146 valence electrons. The van der Waals surface area contributed by atoms with Gasteiger partial charge in [-0.25, -0.2) is 33.2 Å². The number of carbonyl (C=O) groups is 1. The molecule has 1 amide bonds. The van der Waals surface area contributed by atoms with Crippen LogP contribution in [0.3, 0.4) is 0 Å². The number of ether oxygens (including phenoxy) is 1. The number of aromatic nitrogens is 4. The number of nitrogens with zero attached hydrogens (tertiary/aromatic N) is 6. The summed E-state index contributed by atoms with van der Waals surface area (Å²) < 4.78 is 36.0. The summed E-state index contributed by atoms with van der Waals surface area (Å²) in [5, 5.41) is 6.13. The van der Waals surface area contributed by atoms with Crippen LogP contribution in [0.4, 0.5) is 19.3 Å². The van der Waals surface area contributed by atoms with Crippen LogP contribution in [0.15, 0.2) is 48.1 Å². The van der Waals surface area contributed by atoms with E-state index in [1.54, 1.807) is 6.07 Å². The Kier molecular flexibility index (Phi) is 5.07. The van der Waals surface area contributed by atoms with Crippen LogP contribution in [0, 0.1) is 11.6 Å². The zero-order valence-electron chi connectivity index (χ0n) is 14.7. The number of aliphatic imine (C=N–C) groups is 1. The highest BCUT2D eigenvalue weighted by Crippen LogP contribution is 2.32. The first-order valence-electron chi connectivity index (χ1n) is 8.39. The Morgan fingerprint density at radius 3 is 2.72 bits per heavy atom. The van der Waals surface area contributed by atoms with E-state index in [0.29, 0.717) is 5.82 Å². The van der Waals surface area contributed by atoms with Crippen LogP contribution < -0.4 is 4.90 Å². The second-order valence-corrected chi connectivity index (χ2v) is 6.26. The second kappa shape index (κ2) is 7.82. The number of benzene rings is 1. The summed E-state index contributed by atoms with van der Waals surface area (Å²) in [6.45, 7) is 0.240. The number of carbonyl (C=O) groups excluding carboxylic acids is 1. The minimum atomic E-state index is -0.830. The van der Waals surface area contributed by atoms with Gasteiger partial charge >= 0.3 is 6.09 Å². The van der Waals surface area contributed by atoms with Gasteiger partial charge in [0.15, 0.2) is 5.82 Å². The lowest BCUT2D eigenvalue weighted by atomic mass is 10.1. The minimum absolute atomic E-state index is 0.0507. The molecular formula is C18H12F2N6O2S. The van der Waals surface area contributed by atoms with Crippen molar-refractivity contribution in [2.45, 2.75) is 6.10 Å². The molecule has 3 heterocycles. The Morgan fingerprint density at radius 1 is 1.31 bits per heavy atom. The zero-order chi connectivity index (χ0) is 20.4. The number of hydrogen-bond acceptors (Lipinski definition) is 7. The number of thiocarbonyl (C=S) groups is 1. The number of isothiocyanates is 1. The molecule has 0 saturated carbocycles. The molecule has 11 heteroatoms. The predicted molar refractivity (Wildman–Crippen MR) is 102 cm³/mol. The summed E-state index contributed by atoms with van der Waals surface area (Å²) in [4.78, 5) is 24.9. The molecule has 8 nitrogen and oxygen atoms in total. The Bertz CT molecular complexity index is 1080. The van der Waals surface area contributed by atoms with Crippen molar-refractivity contribution < 1.29 is 18.3 Å². The smallest absolute Gasteiger partial charge is 0.414 e. The van der Waals surface area contributed by atoms with Crippen molar-refractivity contribution in [1.82, 2.24) is 19.7 Å². The van der Waals surface area contributed by atoms with Gasteiger partial charge in [-0.2, -0.15) is 5.10 Å². The van der Waals surface area contributed by atoms with Gasteiger partial charge in [-0.05, 0) is 36.5 Å². The van der Waals surface area contributed by atoms with Gasteiger partial charge in [-0.3, -0.25) is 4.90 Å². The Hall–Kier alpha value is -3.56. The van der Waals surface area contributed by atoms with Crippen LogP contribution in [-0.2, 0) is 4.74 Å². The van der Waals surface area contributed by atoms with Crippen LogP contribution in [0.5, 0.6) is 0 Å². The van der Waals surface area contributed by atoms with E-state index in [4.69, 9.17) is 4.74 Å². The summed E-state index contributed by atoms with van der Waals surface area (Å²) >= 11 is 4.48. The third-order valence-corrected chi connectivity index (χ3v) is 4.39. The molecule has 1 fully saturated rings. The van der Waals surface area contributed by atoms with E-state index in [-0.39, 0.29) is 29.9 Å².